The van der Waals surface area contributed by atoms with Crippen LogP contribution in [-0.2, 0) is 0 Å². The van der Waals surface area contributed by atoms with Crippen molar-refractivity contribution in [1.82, 2.24) is 10.2 Å². The van der Waals surface area contributed by atoms with Crippen molar-refractivity contribution in [3.8, 4) is 0 Å². The molecule has 0 spiro atoms. The van der Waals surface area contributed by atoms with Crippen molar-refractivity contribution >= 4 is 0 Å². The van der Waals surface area contributed by atoms with Crippen molar-refractivity contribution < 1.29 is 0 Å². The minimum absolute atomic E-state index is 0.472. The lowest BCUT2D eigenvalue weighted by Crippen LogP contribution is -2.42. The summed E-state index contributed by atoms with van der Waals surface area (Å²) in [6.45, 7) is 10.6. The molecule has 2 aromatic rings. The van der Waals surface area contributed by atoms with E-state index in [1.165, 1.54) is 37.2 Å². The predicted molar refractivity (Wildman–Crippen MR) is 112 cm³/mol. The van der Waals surface area contributed by atoms with Gasteiger partial charge in [0.25, 0.3) is 0 Å². The van der Waals surface area contributed by atoms with E-state index in [1.54, 1.807) is 0 Å². The molecule has 1 N–H and O–H groups in total. The molecule has 2 atom stereocenters. The number of likely N-dealkylation sites (tertiary alicyclic amines) is 1. The van der Waals surface area contributed by atoms with Crippen molar-refractivity contribution in [2.75, 3.05) is 32.7 Å². The molecule has 2 heteroatoms. The number of nitrogens with one attached hydrogen (secondary N) is 1. The second-order valence-electron chi connectivity index (χ2n) is 8.12. The quantitative estimate of drug-likeness (QED) is 0.690. The molecule has 2 aromatic carbocycles. The lowest BCUT2D eigenvalue weighted by molar-refractivity contribution is 0.142. The Morgan fingerprint density at radius 2 is 1.38 bits per heavy atom. The minimum atomic E-state index is 0.472. The van der Waals surface area contributed by atoms with Gasteiger partial charge in [-0.3, -0.25) is 0 Å². The predicted octanol–water partition coefficient (Wildman–Crippen LogP) is 4.78. The van der Waals surface area contributed by atoms with E-state index in [0.29, 0.717) is 5.92 Å². The van der Waals surface area contributed by atoms with Gasteiger partial charge in [0.1, 0.15) is 0 Å². The first-order chi connectivity index (χ1) is 12.7. The monoisotopic (exact) mass is 350 g/mol. The molecule has 1 aliphatic heterocycles. The molecule has 1 heterocycles. The van der Waals surface area contributed by atoms with Gasteiger partial charge in [-0.25, -0.2) is 0 Å². The van der Waals surface area contributed by atoms with E-state index in [0.717, 1.165) is 31.3 Å². The topological polar surface area (TPSA) is 15.3 Å². The summed E-state index contributed by atoms with van der Waals surface area (Å²) in [5, 5.41) is 3.69. The van der Waals surface area contributed by atoms with Gasteiger partial charge in [-0.05, 0) is 42.3 Å². The Labute approximate surface area is 159 Å². The molecule has 1 fully saturated rings. The molecule has 0 saturated carbocycles. The molecule has 3 rings (SSSR count). The largest absolute Gasteiger partial charge is 0.315 e. The summed E-state index contributed by atoms with van der Waals surface area (Å²) < 4.78 is 0. The molecule has 26 heavy (non-hydrogen) atoms. The number of hydrogen-bond donors (Lipinski definition) is 1. The standard InChI is InChI=1S/C24H34N2/c1-20-17-21(2)19-26(18-20)16-15-25-14-13-24(22-9-5-3-6-10-22)23-11-7-4-8-12-23/h3-12,20-21,24-25H,13-19H2,1-2H3. The highest BCUT2D eigenvalue weighted by Crippen LogP contribution is 2.27. The fraction of sp³-hybridized carbons (Fsp3) is 0.500. The first kappa shape index (κ1) is 19.1. The van der Waals surface area contributed by atoms with Gasteiger partial charge in [-0.2, -0.15) is 0 Å². The summed E-state index contributed by atoms with van der Waals surface area (Å²) in [4.78, 5) is 2.64. The second-order valence-corrected chi connectivity index (χ2v) is 8.12. The third-order valence-electron chi connectivity index (χ3n) is 5.56. The van der Waals surface area contributed by atoms with E-state index >= 15 is 0 Å². The van der Waals surface area contributed by atoms with Crippen LogP contribution in [0.15, 0.2) is 60.7 Å². The van der Waals surface area contributed by atoms with Crippen LogP contribution < -0.4 is 5.32 Å². The third kappa shape index (κ3) is 5.69. The fourth-order valence-corrected chi connectivity index (χ4v) is 4.48. The van der Waals surface area contributed by atoms with Crippen LogP contribution in [0.25, 0.3) is 0 Å². The summed E-state index contributed by atoms with van der Waals surface area (Å²) in [6, 6.07) is 21.8. The van der Waals surface area contributed by atoms with E-state index in [-0.39, 0.29) is 0 Å². The Bertz CT molecular complexity index is 576. The molecule has 0 radical (unpaired) electrons. The van der Waals surface area contributed by atoms with Gasteiger partial charge in [-0.15, -0.1) is 0 Å². The molecule has 0 bridgehead atoms. The van der Waals surface area contributed by atoms with Crippen molar-refractivity contribution in [2.45, 2.75) is 32.6 Å². The zero-order chi connectivity index (χ0) is 18.2. The smallest absolute Gasteiger partial charge is 0.0107 e. The Balaban J connectivity index is 1.48. The molecule has 0 aliphatic carbocycles. The number of benzene rings is 2. The Kier molecular flexibility index (Phi) is 7.28. The van der Waals surface area contributed by atoms with Crippen LogP contribution in [0, 0.1) is 11.8 Å². The molecule has 0 aromatic heterocycles. The number of rotatable bonds is 8. The van der Waals surface area contributed by atoms with Crippen molar-refractivity contribution in [1.29, 1.82) is 0 Å². The van der Waals surface area contributed by atoms with Crippen LogP contribution in [0.5, 0.6) is 0 Å². The molecular formula is C24H34N2. The minimum Gasteiger partial charge on any atom is -0.315 e. The van der Waals surface area contributed by atoms with E-state index in [2.05, 4.69) is 84.7 Å². The molecule has 2 nitrogen and oxygen atoms in total. The number of nitrogens with zero attached hydrogens (tertiary/aromatic N) is 1. The Hall–Kier alpha value is -1.64. The van der Waals surface area contributed by atoms with E-state index in [1.807, 2.05) is 0 Å². The average molecular weight is 351 g/mol. The van der Waals surface area contributed by atoms with Crippen LogP contribution in [-0.4, -0.2) is 37.6 Å². The highest BCUT2D eigenvalue weighted by Gasteiger charge is 2.21. The highest BCUT2D eigenvalue weighted by atomic mass is 15.1. The van der Waals surface area contributed by atoms with E-state index in [4.69, 9.17) is 0 Å². The maximum atomic E-state index is 3.69. The highest BCUT2D eigenvalue weighted by molar-refractivity contribution is 5.32. The lowest BCUT2D eigenvalue weighted by Gasteiger charge is -2.35. The lowest BCUT2D eigenvalue weighted by atomic mass is 9.88. The molecule has 1 saturated heterocycles. The van der Waals surface area contributed by atoms with Crippen molar-refractivity contribution in [3.05, 3.63) is 71.8 Å². The third-order valence-corrected chi connectivity index (χ3v) is 5.56. The summed E-state index contributed by atoms with van der Waals surface area (Å²) in [5.41, 5.74) is 2.83. The summed E-state index contributed by atoms with van der Waals surface area (Å²) in [7, 11) is 0. The maximum absolute atomic E-state index is 3.69. The number of piperidine rings is 1. The summed E-state index contributed by atoms with van der Waals surface area (Å²) in [5.74, 6) is 2.17. The second kappa shape index (κ2) is 9.89. The SMILES string of the molecule is CC1CC(C)CN(CCNCCC(c2ccccc2)c2ccccc2)C1. The molecule has 0 amide bonds. The Morgan fingerprint density at radius 3 is 1.92 bits per heavy atom. The zero-order valence-corrected chi connectivity index (χ0v) is 16.4. The van der Waals surface area contributed by atoms with Crippen LogP contribution >= 0.6 is 0 Å². The van der Waals surface area contributed by atoms with Gasteiger partial charge in [0.15, 0.2) is 0 Å². The molecule has 1 aliphatic rings. The van der Waals surface area contributed by atoms with Gasteiger partial charge < -0.3 is 10.2 Å². The average Bonchev–Trinajstić information content (AvgIpc) is 2.65. The van der Waals surface area contributed by atoms with Gasteiger partial charge >= 0.3 is 0 Å². The fourth-order valence-electron chi connectivity index (χ4n) is 4.48. The van der Waals surface area contributed by atoms with Gasteiger partial charge in [0.2, 0.25) is 0 Å². The summed E-state index contributed by atoms with van der Waals surface area (Å²) in [6.07, 6.45) is 2.53. The van der Waals surface area contributed by atoms with Crippen molar-refractivity contribution in [2.24, 2.45) is 11.8 Å². The van der Waals surface area contributed by atoms with E-state index < -0.39 is 0 Å². The Morgan fingerprint density at radius 1 is 0.846 bits per heavy atom. The summed E-state index contributed by atoms with van der Waals surface area (Å²) >= 11 is 0. The zero-order valence-electron chi connectivity index (χ0n) is 16.4. The van der Waals surface area contributed by atoms with Gasteiger partial charge in [0, 0.05) is 32.1 Å². The van der Waals surface area contributed by atoms with Gasteiger partial charge in [-0.1, -0.05) is 74.5 Å². The first-order valence-electron chi connectivity index (χ1n) is 10.3. The number of hydrogen-bond acceptors (Lipinski definition) is 2. The maximum Gasteiger partial charge on any atom is 0.0107 e. The first-order valence-corrected chi connectivity index (χ1v) is 10.3. The van der Waals surface area contributed by atoms with Crippen molar-refractivity contribution in [3.63, 3.8) is 0 Å². The van der Waals surface area contributed by atoms with Crippen LogP contribution in [0.3, 0.4) is 0 Å². The van der Waals surface area contributed by atoms with Crippen LogP contribution in [0.4, 0.5) is 0 Å². The van der Waals surface area contributed by atoms with Crippen LogP contribution in [0.1, 0.15) is 43.7 Å². The molecule has 140 valence electrons. The molecular weight excluding hydrogens is 316 g/mol. The normalized spacial score (nSPS) is 21.2. The van der Waals surface area contributed by atoms with Crippen LogP contribution in [0.2, 0.25) is 0 Å². The van der Waals surface area contributed by atoms with E-state index in [9.17, 15) is 0 Å². The van der Waals surface area contributed by atoms with Gasteiger partial charge in [0.05, 0.1) is 0 Å². The molecule has 2 unspecified atom stereocenters.